The highest BCUT2D eigenvalue weighted by atomic mass is 16.5. The van der Waals surface area contributed by atoms with Crippen molar-refractivity contribution in [2.24, 2.45) is 0 Å². The highest BCUT2D eigenvalue weighted by molar-refractivity contribution is 5.73. The number of ether oxygens (including phenoxy) is 1. The Morgan fingerprint density at radius 3 is 2.89 bits per heavy atom. The molecule has 0 spiro atoms. The minimum Gasteiger partial charge on any atom is -0.495 e. The van der Waals surface area contributed by atoms with Gasteiger partial charge in [-0.3, -0.25) is 0 Å². The Morgan fingerprint density at radius 2 is 2.22 bits per heavy atom. The van der Waals surface area contributed by atoms with E-state index >= 15 is 0 Å². The lowest BCUT2D eigenvalue weighted by atomic mass is 9.98. The number of benzene rings is 1. The molecule has 0 aromatic heterocycles. The average molecular weight is 249 g/mol. The van der Waals surface area contributed by atoms with Crippen LogP contribution in [0.2, 0.25) is 0 Å². The van der Waals surface area contributed by atoms with E-state index in [9.17, 15) is 0 Å². The third-order valence-electron chi connectivity index (χ3n) is 3.85. The van der Waals surface area contributed by atoms with E-state index in [1.165, 1.54) is 0 Å². The number of nitrogens with two attached hydrogens (primary N) is 1. The minimum atomic E-state index is 0.491. The first-order valence-electron chi connectivity index (χ1n) is 6.51. The van der Waals surface area contributed by atoms with Crippen molar-refractivity contribution in [2.75, 3.05) is 31.8 Å². The summed E-state index contributed by atoms with van der Waals surface area (Å²) < 4.78 is 5.24. The van der Waals surface area contributed by atoms with Crippen LogP contribution in [-0.2, 0) is 0 Å². The lowest BCUT2D eigenvalue weighted by molar-refractivity contribution is 0.190. The van der Waals surface area contributed by atoms with Gasteiger partial charge in [0.05, 0.1) is 18.5 Å². The van der Waals surface area contributed by atoms with Gasteiger partial charge in [-0.05, 0) is 38.9 Å². The summed E-state index contributed by atoms with van der Waals surface area (Å²) in [5.74, 6) is 0.737. The van der Waals surface area contributed by atoms with Crippen LogP contribution >= 0.6 is 0 Å². The number of para-hydroxylation sites is 1. The molecular weight excluding hydrogens is 226 g/mol. The molecule has 1 aliphatic rings. The molecule has 1 saturated heterocycles. The normalized spacial score (nSPS) is 24.8. The van der Waals surface area contributed by atoms with Gasteiger partial charge in [0.1, 0.15) is 5.75 Å². The van der Waals surface area contributed by atoms with Crippen LogP contribution in [0.3, 0.4) is 0 Å². The Balaban J connectivity index is 2.06. The van der Waals surface area contributed by atoms with E-state index in [1.807, 2.05) is 18.2 Å². The van der Waals surface area contributed by atoms with E-state index in [4.69, 9.17) is 10.5 Å². The number of nitrogen functional groups attached to an aromatic ring is 1. The van der Waals surface area contributed by atoms with E-state index in [2.05, 4.69) is 24.2 Å². The smallest absolute Gasteiger partial charge is 0.143 e. The fourth-order valence-electron chi connectivity index (χ4n) is 2.49. The third-order valence-corrected chi connectivity index (χ3v) is 3.85. The molecule has 1 aromatic rings. The van der Waals surface area contributed by atoms with Crippen molar-refractivity contribution < 1.29 is 4.74 Å². The van der Waals surface area contributed by atoms with Crippen LogP contribution in [0.5, 0.6) is 5.75 Å². The Morgan fingerprint density at radius 1 is 1.44 bits per heavy atom. The monoisotopic (exact) mass is 249 g/mol. The zero-order chi connectivity index (χ0) is 13.1. The van der Waals surface area contributed by atoms with Gasteiger partial charge in [-0.2, -0.15) is 0 Å². The van der Waals surface area contributed by atoms with Gasteiger partial charge >= 0.3 is 0 Å². The standard InChI is InChI=1S/C14H23N3O/c1-10-9-11(7-8-17(10)2)16-12-5-4-6-13(18-3)14(12)15/h4-6,10-11,16H,7-9,15H2,1-3H3. The average Bonchev–Trinajstić information content (AvgIpc) is 2.36. The molecule has 4 heteroatoms. The summed E-state index contributed by atoms with van der Waals surface area (Å²) in [6.07, 6.45) is 2.30. The predicted octanol–water partition coefficient (Wildman–Crippen LogP) is 2.17. The summed E-state index contributed by atoms with van der Waals surface area (Å²) in [7, 11) is 3.83. The van der Waals surface area contributed by atoms with Crippen molar-refractivity contribution in [1.82, 2.24) is 4.90 Å². The molecule has 2 unspecified atom stereocenters. The summed E-state index contributed by atoms with van der Waals surface area (Å²) in [6.45, 7) is 3.39. The van der Waals surface area contributed by atoms with Crippen LogP contribution in [0.4, 0.5) is 11.4 Å². The van der Waals surface area contributed by atoms with E-state index in [0.29, 0.717) is 17.8 Å². The Kier molecular flexibility index (Phi) is 3.97. The van der Waals surface area contributed by atoms with Gasteiger partial charge in [-0.1, -0.05) is 6.07 Å². The number of anilines is 2. The molecule has 1 aromatic carbocycles. The molecule has 1 heterocycles. The SMILES string of the molecule is COc1cccc(NC2CCN(C)C(C)C2)c1N. The molecule has 1 aliphatic heterocycles. The van der Waals surface area contributed by atoms with Crippen LogP contribution in [-0.4, -0.2) is 37.7 Å². The first kappa shape index (κ1) is 13.0. The summed E-state index contributed by atoms with van der Waals surface area (Å²) in [5.41, 5.74) is 7.76. The minimum absolute atomic E-state index is 0.491. The second-order valence-corrected chi connectivity index (χ2v) is 5.12. The van der Waals surface area contributed by atoms with Crippen molar-refractivity contribution in [3.05, 3.63) is 18.2 Å². The highest BCUT2D eigenvalue weighted by Gasteiger charge is 2.23. The largest absolute Gasteiger partial charge is 0.495 e. The highest BCUT2D eigenvalue weighted by Crippen LogP contribution is 2.31. The van der Waals surface area contributed by atoms with Crippen LogP contribution in [0.25, 0.3) is 0 Å². The summed E-state index contributed by atoms with van der Waals surface area (Å²) >= 11 is 0. The summed E-state index contributed by atoms with van der Waals surface area (Å²) in [4.78, 5) is 2.40. The number of hydrogen-bond acceptors (Lipinski definition) is 4. The zero-order valence-corrected chi connectivity index (χ0v) is 11.4. The van der Waals surface area contributed by atoms with Gasteiger partial charge in [-0.15, -0.1) is 0 Å². The molecular formula is C14H23N3O. The second-order valence-electron chi connectivity index (χ2n) is 5.12. The van der Waals surface area contributed by atoms with Gasteiger partial charge in [0.15, 0.2) is 0 Å². The quantitative estimate of drug-likeness (QED) is 0.806. The maximum Gasteiger partial charge on any atom is 0.143 e. The van der Waals surface area contributed by atoms with Gasteiger partial charge in [-0.25, -0.2) is 0 Å². The maximum atomic E-state index is 6.08. The molecule has 3 N–H and O–H groups in total. The van der Waals surface area contributed by atoms with E-state index in [1.54, 1.807) is 7.11 Å². The third kappa shape index (κ3) is 2.70. The number of methoxy groups -OCH3 is 1. The summed E-state index contributed by atoms with van der Waals surface area (Å²) in [6, 6.07) is 6.97. The van der Waals surface area contributed by atoms with E-state index < -0.39 is 0 Å². The fraction of sp³-hybridized carbons (Fsp3) is 0.571. The molecule has 2 rings (SSSR count). The molecule has 0 saturated carbocycles. The zero-order valence-electron chi connectivity index (χ0n) is 11.4. The molecule has 18 heavy (non-hydrogen) atoms. The molecule has 100 valence electrons. The van der Waals surface area contributed by atoms with Gasteiger partial charge in [0.2, 0.25) is 0 Å². The van der Waals surface area contributed by atoms with Gasteiger partial charge in [0, 0.05) is 18.6 Å². The van der Waals surface area contributed by atoms with Crippen molar-refractivity contribution in [1.29, 1.82) is 0 Å². The van der Waals surface area contributed by atoms with Crippen LogP contribution in [0.15, 0.2) is 18.2 Å². The summed E-state index contributed by atoms with van der Waals surface area (Å²) in [5, 5.41) is 3.54. The van der Waals surface area contributed by atoms with E-state index in [0.717, 1.165) is 30.8 Å². The molecule has 1 fully saturated rings. The second kappa shape index (κ2) is 5.48. The van der Waals surface area contributed by atoms with E-state index in [-0.39, 0.29) is 0 Å². The Hall–Kier alpha value is -1.42. The number of likely N-dealkylation sites (tertiary alicyclic amines) is 1. The van der Waals surface area contributed by atoms with Crippen molar-refractivity contribution in [2.45, 2.75) is 31.8 Å². The van der Waals surface area contributed by atoms with Crippen molar-refractivity contribution in [3.63, 3.8) is 0 Å². The topological polar surface area (TPSA) is 50.5 Å². The van der Waals surface area contributed by atoms with Crippen LogP contribution in [0, 0.1) is 0 Å². The van der Waals surface area contributed by atoms with Crippen molar-refractivity contribution in [3.8, 4) is 5.75 Å². The lowest BCUT2D eigenvalue weighted by Gasteiger charge is -2.36. The molecule has 0 radical (unpaired) electrons. The number of hydrogen-bond donors (Lipinski definition) is 2. The molecule has 4 nitrogen and oxygen atoms in total. The number of piperidine rings is 1. The van der Waals surface area contributed by atoms with Gasteiger partial charge in [0.25, 0.3) is 0 Å². The molecule has 2 atom stereocenters. The fourth-order valence-corrected chi connectivity index (χ4v) is 2.49. The molecule has 0 aliphatic carbocycles. The predicted molar refractivity (Wildman–Crippen MR) is 76.1 cm³/mol. The van der Waals surface area contributed by atoms with Gasteiger partial charge < -0.3 is 20.7 Å². The van der Waals surface area contributed by atoms with Crippen LogP contribution in [0.1, 0.15) is 19.8 Å². The van der Waals surface area contributed by atoms with Crippen molar-refractivity contribution >= 4 is 11.4 Å². The Labute approximate surface area is 109 Å². The van der Waals surface area contributed by atoms with Crippen LogP contribution < -0.4 is 15.8 Å². The first-order chi connectivity index (χ1) is 8.61. The Bertz CT molecular complexity index is 408. The molecule has 0 amide bonds. The molecule has 0 bridgehead atoms. The number of nitrogens with zero attached hydrogens (tertiary/aromatic N) is 1. The number of nitrogens with one attached hydrogen (secondary N) is 1. The number of rotatable bonds is 3. The maximum absolute atomic E-state index is 6.08. The first-order valence-corrected chi connectivity index (χ1v) is 6.51. The lowest BCUT2D eigenvalue weighted by Crippen LogP contribution is -2.42.